The Morgan fingerprint density at radius 1 is 0.494 bits per heavy atom. The monoisotopic (exact) mass is 994 g/mol. The van der Waals surface area contributed by atoms with Crippen molar-refractivity contribution in [3.63, 3.8) is 0 Å². The van der Waals surface area contributed by atoms with Crippen molar-refractivity contribution in [3.05, 3.63) is 240 Å². The van der Waals surface area contributed by atoms with Crippen LogP contribution in [0, 0.1) is 5.92 Å². The van der Waals surface area contributed by atoms with Crippen LogP contribution in [0.4, 0.5) is 28.4 Å². The standard InChI is InChI=1S/C73H58N2O2/c1-44(2)57-43-64(75(61-31-17-13-26-50(61)47-23-10-7-11-24-47)70-45(3)35-36-55-52-28-15-19-34-66(52)77-72(55)70)58-42-59-67-48(39-40-73(59,4)5)41-63(56-38-37-53(57)68(58)69(56)67)74(60-30-16-12-25-49(60)46-21-8-6-9-22-46)62-32-20-29-54-51-27-14-18-33-65(51)76-71(54)62/h6-38,41-45,70H,39-40H2,1-5H3. The van der Waals surface area contributed by atoms with Gasteiger partial charge in [-0.1, -0.05) is 204 Å². The second kappa shape index (κ2) is 17.3. The van der Waals surface area contributed by atoms with E-state index in [9.17, 15) is 0 Å². The van der Waals surface area contributed by atoms with E-state index in [1.807, 2.05) is 0 Å². The molecule has 0 bridgehead atoms. The second-order valence-corrected chi connectivity index (χ2v) is 22.6. The van der Waals surface area contributed by atoms with E-state index in [4.69, 9.17) is 8.83 Å². The maximum absolute atomic E-state index is 7.16. The van der Waals surface area contributed by atoms with Crippen LogP contribution in [-0.4, -0.2) is 0 Å². The molecule has 0 spiro atoms. The van der Waals surface area contributed by atoms with Crippen LogP contribution in [0.15, 0.2) is 221 Å². The Bertz CT molecular complexity index is 4500. The highest BCUT2D eigenvalue weighted by Crippen LogP contribution is 2.57. The van der Waals surface area contributed by atoms with Gasteiger partial charge >= 0.3 is 0 Å². The zero-order valence-electron chi connectivity index (χ0n) is 44.1. The molecule has 0 N–H and O–H groups in total. The maximum atomic E-state index is 7.16. The molecule has 372 valence electrons. The summed E-state index contributed by atoms with van der Waals surface area (Å²) in [4.78, 5) is 5.21. The molecule has 11 aromatic carbocycles. The fraction of sp³-hybridized carbons (Fsp3) is 0.151. The zero-order valence-corrected chi connectivity index (χ0v) is 44.1. The van der Waals surface area contributed by atoms with Crippen LogP contribution in [0.3, 0.4) is 0 Å². The minimum atomic E-state index is -0.171. The molecular weight excluding hydrogens is 937 g/mol. The van der Waals surface area contributed by atoms with Gasteiger partial charge in [-0.15, -0.1) is 0 Å². The smallest absolute Gasteiger partial charge is 0.159 e. The summed E-state index contributed by atoms with van der Waals surface area (Å²) in [5.41, 5.74) is 18.1. The number of para-hydroxylation sites is 5. The Hall–Kier alpha value is -8.86. The van der Waals surface area contributed by atoms with Gasteiger partial charge in [0.1, 0.15) is 16.9 Å². The van der Waals surface area contributed by atoms with Crippen molar-refractivity contribution < 1.29 is 8.83 Å². The molecule has 0 aliphatic heterocycles. The molecule has 0 radical (unpaired) electrons. The average molecular weight is 995 g/mol. The van der Waals surface area contributed by atoms with Gasteiger partial charge in [0.2, 0.25) is 0 Å². The summed E-state index contributed by atoms with van der Waals surface area (Å²) >= 11 is 0. The first-order valence-electron chi connectivity index (χ1n) is 27.5. The molecule has 2 aromatic heterocycles. The van der Waals surface area contributed by atoms with E-state index in [1.54, 1.807) is 0 Å². The molecule has 77 heavy (non-hydrogen) atoms. The third-order valence-corrected chi connectivity index (χ3v) is 17.3. The van der Waals surface area contributed by atoms with Gasteiger partial charge in [0.15, 0.2) is 5.58 Å². The van der Waals surface area contributed by atoms with Crippen molar-refractivity contribution in [2.45, 2.75) is 64.8 Å². The van der Waals surface area contributed by atoms with E-state index in [-0.39, 0.29) is 23.3 Å². The Labute approximate surface area is 449 Å². The van der Waals surface area contributed by atoms with Gasteiger partial charge in [0, 0.05) is 60.6 Å². The first-order valence-corrected chi connectivity index (χ1v) is 27.5. The number of hydrogen-bond acceptors (Lipinski definition) is 4. The molecule has 4 heteroatoms. The Kier molecular flexibility index (Phi) is 10.3. The second-order valence-electron chi connectivity index (χ2n) is 22.6. The van der Waals surface area contributed by atoms with Crippen LogP contribution >= 0.6 is 0 Å². The van der Waals surface area contributed by atoms with Gasteiger partial charge in [-0.05, 0) is 117 Å². The lowest BCUT2D eigenvalue weighted by molar-refractivity contribution is 0.433. The third kappa shape index (κ3) is 6.90. The van der Waals surface area contributed by atoms with E-state index >= 15 is 0 Å². The predicted octanol–water partition coefficient (Wildman–Crippen LogP) is 20.9. The predicted molar refractivity (Wildman–Crippen MR) is 324 cm³/mol. The highest BCUT2D eigenvalue weighted by molar-refractivity contribution is 6.31. The van der Waals surface area contributed by atoms with Crippen LogP contribution in [0.1, 0.15) is 81.0 Å². The number of aryl methyl sites for hydroxylation is 1. The van der Waals surface area contributed by atoms with Crippen molar-refractivity contribution in [2.75, 3.05) is 9.80 Å². The van der Waals surface area contributed by atoms with E-state index in [2.05, 4.69) is 263 Å². The number of hydrogen-bond donors (Lipinski definition) is 0. The molecular formula is C73H58N2O2. The van der Waals surface area contributed by atoms with Gasteiger partial charge in [0.05, 0.1) is 28.8 Å². The van der Waals surface area contributed by atoms with Crippen molar-refractivity contribution in [2.24, 2.45) is 5.92 Å². The summed E-state index contributed by atoms with van der Waals surface area (Å²) in [5.74, 6) is 1.32. The summed E-state index contributed by atoms with van der Waals surface area (Å²) < 4.78 is 14.2. The number of nitrogens with zero attached hydrogens (tertiary/aromatic N) is 2. The highest BCUT2D eigenvalue weighted by atomic mass is 16.3. The Morgan fingerprint density at radius 2 is 1.10 bits per heavy atom. The molecule has 0 saturated heterocycles. The molecule has 0 amide bonds. The normalized spacial score (nSPS) is 15.9. The first kappa shape index (κ1) is 45.5. The maximum Gasteiger partial charge on any atom is 0.159 e. The minimum Gasteiger partial charge on any atom is -0.458 e. The zero-order chi connectivity index (χ0) is 51.7. The van der Waals surface area contributed by atoms with Crippen LogP contribution in [0.2, 0.25) is 0 Å². The van der Waals surface area contributed by atoms with Crippen molar-refractivity contribution in [1.29, 1.82) is 0 Å². The molecule has 2 atom stereocenters. The van der Waals surface area contributed by atoms with Crippen LogP contribution in [0.5, 0.6) is 0 Å². The summed E-state index contributed by atoms with van der Waals surface area (Å²) in [6, 6.07) is 75.9. The number of benzene rings is 11. The fourth-order valence-corrected chi connectivity index (χ4v) is 13.6. The van der Waals surface area contributed by atoms with Gasteiger partial charge in [-0.25, -0.2) is 0 Å². The molecule has 2 unspecified atom stereocenters. The molecule has 13 aromatic rings. The fourth-order valence-electron chi connectivity index (χ4n) is 13.6. The summed E-state index contributed by atoms with van der Waals surface area (Å²) in [7, 11) is 0. The SMILES string of the molecule is CC(C)c1cc(N(c2ccccc2-c2ccccc2)C2c3oc4ccccc4c3C=CC2C)c2cc3c4c(cc(N(c5ccccc5-c5ccccc5)c5cccc6c5oc5ccccc56)c5ccc1c2c54)CCC3(C)C. The number of fused-ring (bicyclic) bond motifs is 6. The Morgan fingerprint density at radius 3 is 1.84 bits per heavy atom. The lowest BCUT2D eigenvalue weighted by Gasteiger charge is -2.40. The van der Waals surface area contributed by atoms with Crippen LogP contribution < -0.4 is 9.80 Å². The number of furan rings is 2. The van der Waals surface area contributed by atoms with E-state index in [0.717, 1.165) is 90.9 Å². The number of anilines is 5. The quantitative estimate of drug-likeness (QED) is 0.135. The largest absolute Gasteiger partial charge is 0.458 e. The van der Waals surface area contributed by atoms with Crippen LogP contribution in [-0.2, 0) is 11.8 Å². The summed E-state index contributed by atoms with van der Waals surface area (Å²) in [5, 5.41) is 11.2. The first-order chi connectivity index (χ1) is 37.7. The lowest BCUT2D eigenvalue weighted by atomic mass is 9.70. The van der Waals surface area contributed by atoms with Crippen molar-refractivity contribution >= 4 is 99.7 Å². The van der Waals surface area contributed by atoms with Gasteiger partial charge in [-0.3, -0.25) is 0 Å². The Balaban J connectivity index is 1.09. The molecule has 0 fully saturated rings. The molecule has 2 aliphatic rings. The highest BCUT2D eigenvalue weighted by Gasteiger charge is 2.39. The molecule has 0 saturated carbocycles. The van der Waals surface area contributed by atoms with E-state index in [0.29, 0.717) is 0 Å². The molecule has 4 nitrogen and oxygen atoms in total. The van der Waals surface area contributed by atoms with Gasteiger partial charge < -0.3 is 18.6 Å². The van der Waals surface area contributed by atoms with Gasteiger partial charge in [0.25, 0.3) is 0 Å². The molecule has 2 aliphatic carbocycles. The van der Waals surface area contributed by atoms with Crippen molar-refractivity contribution in [1.82, 2.24) is 0 Å². The minimum absolute atomic E-state index is 0.0973. The molecule has 2 heterocycles. The lowest BCUT2D eigenvalue weighted by Crippen LogP contribution is -2.31. The van der Waals surface area contributed by atoms with Gasteiger partial charge in [-0.2, -0.15) is 0 Å². The number of rotatable bonds is 9. The topological polar surface area (TPSA) is 32.8 Å². The van der Waals surface area contributed by atoms with Crippen LogP contribution in [0.25, 0.3) is 93.6 Å². The molecule has 15 rings (SSSR count). The van der Waals surface area contributed by atoms with E-state index in [1.165, 1.54) is 65.8 Å². The third-order valence-electron chi connectivity index (χ3n) is 17.3. The summed E-state index contributed by atoms with van der Waals surface area (Å²) in [6.07, 6.45) is 6.69. The van der Waals surface area contributed by atoms with Crippen molar-refractivity contribution in [3.8, 4) is 22.3 Å². The summed E-state index contributed by atoms with van der Waals surface area (Å²) in [6.45, 7) is 12.0. The average Bonchev–Trinajstić information content (AvgIpc) is 4.21. The van der Waals surface area contributed by atoms with E-state index < -0.39 is 0 Å².